The Morgan fingerprint density at radius 3 is 2.82 bits per heavy atom. The van der Waals surface area contributed by atoms with E-state index in [2.05, 4.69) is 5.92 Å². The summed E-state index contributed by atoms with van der Waals surface area (Å²) in [5.74, 6) is 2.62. The summed E-state index contributed by atoms with van der Waals surface area (Å²) in [7, 11) is 0. The van der Waals surface area contributed by atoms with E-state index in [-0.39, 0.29) is 5.92 Å². The van der Waals surface area contributed by atoms with Crippen LogP contribution in [-0.4, -0.2) is 4.87 Å². The average Bonchev–Trinajstić information content (AvgIpc) is 1.98. The average molecular weight is 187 g/mol. The Labute approximate surface area is 76.9 Å². The van der Waals surface area contributed by atoms with Gasteiger partial charge in [-0.25, -0.2) is 0 Å². The van der Waals surface area contributed by atoms with Crippen molar-refractivity contribution in [2.45, 2.75) is 11.8 Å². The van der Waals surface area contributed by atoms with Gasteiger partial charge >= 0.3 is 0 Å². The van der Waals surface area contributed by atoms with Crippen LogP contribution in [-0.2, 0) is 0 Å². The maximum absolute atomic E-state index is 6.05. The van der Waals surface area contributed by atoms with Crippen molar-refractivity contribution in [3.05, 3.63) is 23.3 Å². The van der Waals surface area contributed by atoms with Crippen molar-refractivity contribution < 1.29 is 0 Å². The van der Waals surface area contributed by atoms with Gasteiger partial charge in [-0.05, 0) is 12.2 Å². The Balaban J connectivity index is 2.95. The molecular formula is C9H8Cl2. The van der Waals surface area contributed by atoms with Gasteiger partial charge in [-0.2, -0.15) is 0 Å². The summed E-state index contributed by atoms with van der Waals surface area (Å²) in [4.78, 5) is -0.682. The van der Waals surface area contributed by atoms with E-state index in [1.54, 1.807) is 12.2 Å². The van der Waals surface area contributed by atoms with Crippen molar-refractivity contribution in [1.82, 2.24) is 0 Å². The third-order valence-electron chi connectivity index (χ3n) is 1.78. The number of hydrogen-bond acceptors (Lipinski definition) is 0. The SMILES string of the molecule is C#CC1(Cl)C=CC(Cl)=CC1C. The van der Waals surface area contributed by atoms with E-state index >= 15 is 0 Å². The second-order valence-electron chi connectivity index (χ2n) is 2.59. The van der Waals surface area contributed by atoms with Gasteiger partial charge in [0.05, 0.1) is 0 Å². The van der Waals surface area contributed by atoms with Gasteiger partial charge < -0.3 is 0 Å². The predicted octanol–water partition coefficient (Wildman–Crippen LogP) is 2.93. The van der Waals surface area contributed by atoms with Gasteiger partial charge in [0, 0.05) is 11.0 Å². The molecule has 0 nitrogen and oxygen atoms in total. The zero-order chi connectivity index (χ0) is 8.48. The molecule has 0 heterocycles. The lowest BCUT2D eigenvalue weighted by atomic mass is 9.90. The first-order valence-corrected chi connectivity index (χ1v) is 4.07. The molecule has 1 aliphatic rings. The van der Waals surface area contributed by atoms with Crippen LogP contribution >= 0.6 is 23.2 Å². The van der Waals surface area contributed by atoms with E-state index in [1.807, 2.05) is 13.0 Å². The van der Waals surface area contributed by atoms with Crippen molar-refractivity contribution >= 4 is 23.2 Å². The maximum Gasteiger partial charge on any atom is 0.129 e. The monoisotopic (exact) mass is 186 g/mol. The second kappa shape index (κ2) is 2.93. The van der Waals surface area contributed by atoms with Crippen molar-refractivity contribution in [2.24, 2.45) is 5.92 Å². The number of alkyl halides is 1. The molecule has 58 valence electrons. The zero-order valence-corrected chi connectivity index (χ0v) is 7.65. The van der Waals surface area contributed by atoms with Crippen molar-refractivity contribution in [3.63, 3.8) is 0 Å². The lowest BCUT2D eigenvalue weighted by Gasteiger charge is -2.25. The summed E-state index contributed by atoms with van der Waals surface area (Å²) in [6, 6.07) is 0. The largest absolute Gasteiger partial charge is 0.129 e. The van der Waals surface area contributed by atoms with E-state index in [1.165, 1.54) is 0 Å². The fourth-order valence-corrected chi connectivity index (χ4v) is 1.33. The van der Waals surface area contributed by atoms with Gasteiger partial charge in [0.1, 0.15) is 4.87 Å². The van der Waals surface area contributed by atoms with E-state index in [0.29, 0.717) is 5.03 Å². The quantitative estimate of drug-likeness (QED) is 0.404. The summed E-state index contributed by atoms with van der Waals surface area (Å²) in [6.07, 6.45) is 10.6. The highest BCUT2D eigenvalue weighted by Gasteiger charge is 2.29. The van der Waals surface area contributed by atoms with Gasteiger partial charge in [0.2, 0.25) is 0 Å². The van der Waals surface area contributed by atoms with Gasteiger partial charge in [-0.3, -0.25) is 0 Å². The molecule has 0 radical (unpaired) electrons. The maximum atomic E-state index is 6.05. The summed E-state index contributed by atoms with van der Waals surface area (Å²) in [5.41, 5.74) is 0. The molecule has 0 aromatic carbocycles. The summed E-state index contributed by atoms with van der Waals surface area (Å²) >= 11 is 11.8. The molecule has 2 unspecified atom stereocenters. The molecule has 11 heavy (non-hydrogen) atoms. The highest BCUT2D eigenvalue weighted by molar-refractivity contribution is 6.32. The minimum Gasteiger partial charge on any atom is -0.118 e. The molecule has 1 rings (SSSR count). The first kappa shape index (κ1) is 8.71. The van der Waals surface area contributed by atoms with Crippen LogP contribution < -0.4 is 0 Å². The molecule has 0 saturated heterocycles. The fraction of sp³-hybridized carbons (Fsp3) is 0.333. The van der Waals surface area contributed by atoms with E-state index in [0.717, 1.165) is 0 Å². The van der Waals surface area contributed by atoms with E-state index < -0.39 is 4.87 Å². The Morgan fingerprint density at radius 2 is 2.36 bits per heavy atom. The first-order chi connectivity index (χ1) is 5.08. The van der Waals surface area contributed by atoms with Crippen molar-refractivity contribution in [3.8, 4) is 12.3 Å². The number of rotatable bonds is 0. The van der Waals surface area contributed by atoms with Crippen LogP contribution in [0.5, 0.6) is 0 Å². The van der Waals surface area contributed by atoms with Crippen LogP contribution in [0.2, 0.25) is 0 Å². The fourth-order valence-electron chi connectivity index (χ4n) is 0.948. The van der Waals surface area contributed by atoms with Crippen LogP contribution in [0.1, 0.15) is 6.92 Å². The van der Waals surface area contributed by atoms with Gasteiger partial charge in [0.25, 0.3) is 0 Å². The topological polar surface area (TPSA) is 0 Å². The van der Waals surface area contributed by atoms with Crippen LogP contribution in [0.3, 0.4) is 0 Å². The molecule has 0 fully saturated rings. The summed E-state index contributed by atoms with van der Waals surface area (Å²) in [6.45, 7) is 1.94. The molecule has 2 atom stereocenters. The number of halogens is 2. The number of terminal acetylenes is 1. The molecule has 0 aliphatic heterocycles. The molecular weight excluding hydrogens is 179 g/mol. The molecule has 1 aliphatic carbocycles. The van der Waals surface area contributed by atoms with E-state index in [9.17, 15) is 0 Å². The standard InChI is InChI=1S/C9H8Cl2/c1-3-9(11)5-4-8(10)6-7(9)2/h1,4-7H,2H3. The highest BCUT2D eigenvalue weighted by atomic mass is 35.5. The summed E-state index contributed by atoms with van der Waals surface area (Å²) < 4.78 is 0. The molecule has 0 amide bonds. The molecule has 2 heteroatoms. The van der Waals surface area contributed by atoms with Gasteiger partial charge in [0.15, 0.2) is 0 Å². The number of hydrogen-bond donors (Lipinski definition) is 0. The van der Waals surface area contributed by atoms with Crippen LogP contribution in [0, 0.1) is 18.3 Å². The molecule has 0 aromatic heterocycles. The third-order valence-corrected chi connectivity index (χ3v) is 2.61. The lowest BCUT2D eigenvalue weighted by molar-refractivity contribution is 0.655. The van der Waals surface area contributed by atoms with Crippen molar-refractivity contribution in [1.29, 1.82) is 0 Å². The Hall–Kier alpha value is -0.380. The predicted molar refractivity (Wildman–Crippen MR) is 49.7 cm³/mol. The summed E-state index contributed by atoms with van der Waals surface area (Å²) in [5, 5.41) is 0.698. The Kier molecular flexibility index (Phi) is 2.32. The molecule has 0 N–H and O–H groups in total. The zero-order valence-electron chi connectivity index (χ0n) is 6.14. The van der Waals surface area contributed by atoms with Crippen LogP contribution in [0.4, 0.5) is 0 Å². The van der Waals surface area contributed by atoms with Crippen LogP contribution in [0.25, 0.3) is 0 Å². The highest BCUT2D eigenvalue weighted by Crippen LogP contribution is 2.33. The smallest absolute Gasteiger partial charge is 0.118 e. The Morgan fingerprint density at radius 1 is 1.73 bits per heavy atom. The second-order valence-corrected chi connectivity index (χ2v) is 3.65. The normalized spacial score (nSPS) is 36.2. The Bertz CT molecular complexity index is 257. The van der Waals surface area contributed by atoms with Gasteiger partial charge in [-0.1, -0.05) is 42.1 Å². The molecule has 0 spiro atoms. The lowest BCUT2D eigenvalue weighted by Crippen LogP contribution is -2.26. The number of allylic oxidation sites excluding steroid dienone is 4. The molecule has 0 saturated carbocycles. The molecule has 0 bridgehead atoms. The van der Waals surface area contributed by atoms with Crippen LogP contribution in [0.15, 0.2) is 23.3 Å². The third kappa shape index (κ3) is 1.61. The van der Waals surface area contributed by atoms with E-state index in [4.69, 9.17) is 29.6 Å². The minimum atomic E-state index is -0.682. The minimum absolute atomic E-state index is 0.0895. The van der Waals surface area contributed by atoms with Crippen molar-refractivity contribution in [2.75, 3.05) is 0 Å². The first-order valence-electron chi connectivity index (χ1n) is 3.32. The van der Waals surface area contributed by atoms with Gasteiger partial charge in [-0.15, -0.1) is 6.42 Å². The molecule has 0 aromatic rings.